The molecular weight excluding hydrogens is 685 g/mol. The lowest BCUT2D eigenvalue weighted by Crippen LogP contribution is -2.61. The summed E-state index contributed by atoms with van der Waals surface area (Å²) in [6, 6.07) is 12.2. The molecular formula is C35H43ClFN7O5S. The van der Waals surface area contributed by atoms with Crippen LogP contribution < -0.4 is 5.32 Å². The number of azide groups is 1. The van der Waals surface area contributed by atoms with E-state index < -0.39 is 57.5 Å². The Balaban J connectivity index is 1.65. The van der Waals surface area contributed by atoms with Gasteiger partial charge in [-0.15, -0.1) is 0 Å². The molecule has 3 aromatic rings. The first-order chi connectivity index (χ1) is 23.5. The van der Waals surface area contributed by atoms with Gasteiger partial charge >= 0.3 is 6.09 Å². The van der Waals surface area contributed by atoms with E-state index in [0.29, 0.717) is 5.02 Å². The van der Waals surface area contributed by atoms with Gasteiger partial charge < -0.3 is 15.0 Å². The number of carbonyl (C=O) groups excluding carboxylic acids is 2. The van der Waals surface area contributed by atoms with Gasteiger partial charge in [0.25, 0.3) is 0 Å². The Kier molecular flexibility index (Phi) is 12.5. The highest BCUT2D eigenvalue weighted by Gasteiger charge is 2.43. The molecule has 2 amide bonds. The van der Waals surface area contributed by atoms with Crippen molar-refractivity contribution < 1.29 is 27.1 Å². The highest BCUT2D eigenvalue weighted by molar-refractivity contribution is 7.89. The van der Waals surface area contributed by atoms with E-state index in [1.807, 2.05) is 13.8 Å². The van der Waals surface area contributed by atoms with Gasteiger partial charge in [0.15, 0.2) is 0 Å². The molecule has 1 saturated heterocycles. The Labute approximate surface area is 297 Å². The maximum atomic E-state index is 15.5. The van der Waals surface area contributed by atoms with Crippen molar-refractivity contribution in [3.8, 4) is 0 Å². The van der Waals surface area contributed by atoms with Crippen molar-refractivity contribution in [1.82, 2.24) is 14.2 Å². The van der Waals surface area contributed by atoms with Crippen LogP contribution in [0.2, 0.25) is 5.02 Å². The summed E-state index contributed by atoms with van der Waals surface area (Å²) in [6.07, 6.45) is 1.78. The Morgan fingerprint density at radius 3 is 2.38 bits per heavy atom. The van der Waals surface area contributed by atoms with Crippen LogP contribution in [0.1, 0.15) is 65.0 Å². The summed E-state index contributed by atoms with van der Waals surface area (Å²) >= 11 is 6.08. The average molecular weight is 728 g/mol. The molecule has 268 valence electrons. The van der Waals surface area contributed by atoms with Gasteiger partial charge in [0.1, 0.15) is 17.5 Å². The van der Waals surface area contributed by atoms with Crippen molar-refractivity contribution in [2.24, 2.45) is 11.0 Å². The maximum absolute atomic E-state index is 15.5. The number of amides is 2. The quantitative estimate of drug-likeness (QED) is 0.122. The first-order valence-corrected chi connectivity index (χ1v) is 18.1. The number of rotatable bonds is 11. The Hall–Kier alpha value is -4.23. The molecule has 1 aliphatic heterocycles. The van der Waals surface area contributed by atoms with Gasteiger partial charge in [0, 0.05) is 46.6 Å². The van der Waals surface area contributed by atoms with Crippen LogP contribution in [-0.2, 0) is 26.0 Å². The third-order valence-corrected chi connectivity index (χ3v) is 10.8. The number of halogens is 2. The number of hydrogen-bond donors (Lipinski definition) is 1. The number of nitrogens with zero attached hydrogens (tertiary/aromatic N) is 6. The highest BCUT2D eigenvalue weighted by atomic mass is 35.5. The number of sulfonamides is 1. The van der Waals surface area contributed by atoms with Crippen molar-refractivity contribution in [3.63, 3.8) is 0 Å². The zero-order chi connectivity index (χ0) is 36.8. The lowest BCUT2D eigenvalue weighted by atomic mass is 9.82. The van der Waals surface area contributed by atoms with E-state index in [4.69, 9.17) is 16.3 Å². The highest BCUT2D eigenvalue weighted by Crippen LogP contribution is 2.33. The predicted molar refractivity (Wildman–Crippen MR) is 190 cm³/mol. The summed E-state index contributed by atoms with van der Waals surface area (Å²) < 4.78 is 50.5. The largest absolute Gasteiger partial charge is 0.444 e. The normalized spacial score (nSPS) is 18.2. The summed E-state index contributed by atoms with van der Waals surface area (Å²) in [5, 5.41) is 7.06. The Morgan fingerprint density at radius 2 is 1.78 bits per heavy atom. The number of piperazine rings is 1. The number of anilines is 1. The first-order valence-electron chi connectivity index (χ1n) is 16.3. The van der Waals surface area contributed by atoms with E-state index in [1.165, 1.54) is 27.5 Å². The Bertz CT molecular complexity index is 1820. The number of hydrogen-bond acceptors (Lipinski definition) is 7. The summed E-state index contributed by atoms with van der Waals surface area (Å²) in [7, 11) is -4.03. The molecule has 0 radical (unpaired) electrons. The van der Waals surface area contributed by atoms with Crippen LogP contribution >= 0.6 is 11.6 Å². The SMILES string of the molecule is CC(C)[C@H](c1ccc(Cl)cc1)[C@H](N=[N+]=[N-])C(=O)Nc1cncc(F)c1CC[C@H]1CN(C(=O)OC(C)(C)C)C[C@H](C)N1S(=O)(=O)c1ccccc1. The van der Waals surface area contributed by atoms with E-state index in [9.17, 15) is 23.5 Å². The average Bonchev–Trinajstić information content (AvgIpc) is 3.04. The molecule has 12 nitrogen and oxygen atoms in total. The predicted octanol–water partition coefficient (Wildman–Crippen LogP) is 7.56. The summed E-state index contributed by atoms with van der Waals surface area (Å²) in [4.78, 5) is 35.4. The second-order valence-corrected chi connectivity index (χ2v) is 16.0. The molecule has 0 bridgehead atoms. The monoisotopic (exact) mass is 727 g/mol. The number of benzene rings is 2. The van der Waals surface area contributed by atoms with E-state index >= 15 is 4.39 Å². The third kappa shape index (κ3) is 9.30. The molecule has 0 spiro atoms. The molecule has 50 heavy (non-hydrogen) atoms. The van der Waals surface area contributed by atoms with Crippen LogP contribution in [0.15, 0.2) is 77.0 Å². The molecule has 1 fully saturated rings. The van der Waals surface area contributed by atoms with E-state index in [-0.39, 0.29) is 48.0 Å². The number of nitrogens with one attached hydrogen (secondary N) is 1. The molecule has 2 aromatic carbocycles. The number of ether oxygens (including phenoxy) is 1. The van der Waals surface area contributed by atoms with Crippen LogP contribution in [0.3, 0.4) is 0 Å². The van der Waals surface area contributed by atoms with Gasteiger partial charge in [-0.25, -0.2) is 17.6 Å². The second-order valence-electron chi connectivity index (χ2n) is 13.7. The molecule has 2 heterocycles. The zero-order valence-electron chi connectivity index (χ0n) is 29.0. The van der Waals surface area contributed by atoms with Gasteiger partial charge in [-0.1, -0.05) is 60.9 Å². The minimum atomic E-state index is -4.03. The maximum Gasteiger partial charge on any atom is 0.410 e. The standard InChI is InChI=1S/C35H43ClFN7O5S/c1-22(2)31(24-12-14-25(36)15-13-24)32(41-42-38)33(45)40-30-19-39-18-29(37)28(30)17-16-26-21-43(34(46)49-35(4,5)6)20-23(3)44(26)50(47,48)27-10-8-7-9-11-27/h7-15,18-19,22-23,26,31-32H,16-17,20-21H2,1-6H3,(H,40,45)/t23-,26-,31+,32-/m0/s1. The fourth-order valence-corrected chi connectivity index (χ4v) is 8.29. The summed E-state index contributed by atoms with van der Waals surface area (Å²) in [5.41, 5.74) is 9.51. The van der Waals surface area contributed by atoms with Gasteiger partial charge in [-0.3, -0.25) is 9.78 Å². The van der Waals surface area contributed by atoms with E-state index in [0.717, 1.165) is 11.8 Å². The first kappa shape index (κ1) is 38.6. The minimum absolute atomic E-state index is 0.00414. The number of pyridine rings is 1. The van der Waals surface area contributed by atoms with Crippen molar-refractivity contribution >= 4 is 39.3 Å². The van der Waals surface area contributed by atoms with Crippen LogP contribution in [-0.4, -0.2) is 71.4 Å². The zero-order valence-corrected chi connectivity index (χ0v) is 30.5. The van der Waals surface area contributed by atoms with Crippen LogP contribution in [0, 0.1) is 11.7 Å². The molecule has 15 heteroatoms. The van der Waals surface area contributed by atoms with Gasteiger partial charge in [-0.2, -0.15) is 4.31 Å². The van der Waals surface area contributed by atoms with Crippen LogP contribution in [0.4, 0.5) is 14.9 Å². The lowest BCUT2D eigenvalue weighted by Gasteiger charge is -2.44. The molecule has 0 saturated carbocycles. The van der Waals surface area contributed by atoms with Crippen LogP contribution in [0.5, 0.6) is 0 Å². The van der Waals surface area contributed by atoms with Gasteiger partial charge in [-0.05, 0) is 81.8 Å². The molecule has 1 aliphatic rings. The molecule has 4 rings (SSSR count). The minimum Gasteiger partial charge on any atom is -0.444 e. The molecule has 1 aromatic heterocycles. The molecule has 0 unspecified atom stereocenters. The van der Waals surface area contributed by atoms with Gasteiger partial charge in [0.05, 0.1) is 23.0 Å². The van der Waals surface area contributed by atoms with Crippen molar-refractivity contribution in [1.29, 1.82) is 0 Å². The van der Waals surface area contributed by atoms with Gasteiger partial charge in [0.2, 0.25) is 15.9 Å². The Morgan fingerprint density at radius 1 is 1.12 bits per heavy atom. The molecule has 1 N–H and O–H groups in total. The van der Waals surface area contributed by atoms with Crippen molar-refractivity contribution in [2.45, 2.75) is 88.9 Å². The smallest absolute Gasteiger partial charge is 0.410 e. The van der Waals surface area contributed by atoms with E-state index in [2.05, 4.69) is 20.3 Å². The van der Waals surface area contributed by atoms with Crippen molar-refractivity contribution in [3.05, 3.63) is 99.4 Å². The lowest BCUT2D eigenvalue weighted by molar-refractivity contribution is -0.118. The topological polar surface area (TPSA) is 158 Å². The second kappa shape index (κ2) is 16.2. The summed E-state index contributed by atoms with van der Waals surface area (Å²) in [5.74, 6) is -2.05. The fraction of sp³-hybridized carbons (Fsp3) is 0.457. The molecule has 0 aliphatic carbocycles. The van der Waals surface area contributed by atoms with Crippen molar-refractivity contribution in [2.75, 3.05) is 18.4 Å². The summed E-state index contributed by atoms with van der Waals surface area (Å²) in [6.45, 7) is 10.8. The fourth-order valence-electron chi connectivity index (χ4n) is 6.31. The van der Waals surface area contributed by atoms with E-state index in [1.54, 1.807) is 70.2 Å². The molecule has 4 atom stereocenters. The van der Waals surface area contributed by atoms with Crippen LogP contribution in [0.25, 0.3) is 10.4 Å². The number of aromatic nitrogens is 1. The third-order valence-electron chi connectivity index (χ3n) is 8.43. The number of carbonyl (C=O) groups is 2.